The Kier molecular flexibility index (Phi) is 5.84. The molecule has 1 aromatic carbocycles. The van der Waals surface area contributed by atoms with E-state index >= 15 is 0 Å². The van der Waals surface area contributed by atoms with E-state index in [9.17, 15) is 13.6 Å². The van der Waals surface area contributed by atoms with Crippen LogP contribution in [0.25, 0.3) is 0 Å². The highest BCUT2D eigenvalue weighted by molar-refractivity contribution is 9.10. The molecule has 0 amide bonds. The van der Waals surface area contributed by atoms with E-state index in [0.29, 0.717) is 10.0 Å². The normalized spacial score (nSPS) is 11.4. The van der Waals surface area contributed by atoms with Gasteiger partial charge in [0.05, 0.1) is 19.2 Å². The van der Waals surface area contributed by atoms with Crippen LogP contribution >= 0.6 is 15.9 Å². The monoisotopic (exact) mass is 337 g/mol. The van der Waals surface area contributed by atoms with E-state index in [-0.39, 0.29) is 6.54 Å². The van der Waals surface area contributed by atoms with Crippen molar-refractivity contribution in [3.05, 3.63) is 33.8 Å². The minimum atomic E-state index is -3.14. The topological polar surface area (TPSA) is 58.6 Å². The van der Waals surface area contributed by atoms with Crippen LogP contribution in [0.3, 0.4) is 0 Å². The first-order chi connectivity index (χ1) is 8.89. The Bertz CT molecular complexity index is 455. The van der Waals surface area contributed by atoms with Crippen molar-refractivity contribution in [3.63, 3.8) is 0 Å². The lowest BCUT2D eigenvalue weighted by atomic mass is 10.1. The number of hydrogen-bond donors (Lipinski definition) is 2. The van der Waals surface area contributed by atoms with Crippen molar-refractivity contribution in [3.8, 4) is 0 Å². The highest BCUT2D eigenvalue weighted by atomic mass is 79.9. The van der Waals surface area contributed by atoms with E-state index in [1.807, 2.05) is 0 Å². The summed E-state index contributed by atoms with van der Waals surface area (Å²) >= 11 is 3.26. The number of carbonyl (C=O) groups is 1. The van der Waals surface area contributed by atoms with E-state index in [2.05, 4.69) is 26.0 Å². The fourth-order valence-corrected chi connectivity index (χ4v) is 1.89. The number of alkyl halides is 2. The van der Waals surface area contributed by atoms with E-state index in [0.717, 1.165) is 5.56 Å². The van der Waals surface area contributed by atoms with Gasteiger partial charge in [0.25, 0.3) is 5.92 Å². The average molecular weight is 338 g/mol. The molecule has 106 valence electrons. The molecule has 0 aliphatic heterocycles. The zero-order valence-electron chi connectivity index (χ0n) is 10.3. The number of methoxy groups -OCH3 is 1. The molecule has 0 fully saturated rings. The first-order valence-electron chi connectivity index (χ1n) is 5.46. The van der Waals surface area contributed by atoms with Crippen LogP contribution < -0.4 is 5.32 Å². The summed E-state index contributed by atoms with van der Waals surface area (Å²) in [7, 11) is 1.28. The van der Waals surface area contributed by atoms with Crippen LogP contribution in [0, 0.1) is 0 Å². The van der Waals surface area contributed by atoms with Crippen LogP contribution in [0.4, 0.5) is 8.78 Å². The molecule has 7 heteroatoms. The molecule has 0 heterocycles. The molecule has 0 bridgehead atoms. The third kappa shape index (κ3) is 4.85. The summed E-state index contributed by atoms with van der Waals surface area (Å²) in [6.45, 7) is -1.62. The van der Waals surface area contributed by atoms with Crippen LogP contribution in [-0.4, -0.2) is 37.3 Å². The zero-order chi connectivity index (χ0) is 14.5. The quantitative estimate of drug-likeness (QED) is 0.779. The van der Waals surface area contributed by atoms with Gasteiger partial charge >= 0.3 is 5.97 Å². The third-order valence-corrected chi connectivity index (χ3v) is 3.14. The number of hydrogen-bond acceptors (Lipinski definition) is 4. The molecule has 19 heavy (non-hydrogen) atoms. The molecule has 0 aliphatic rings. The predicted octanol–water partition coefficient (Wildman–Crippen LogP) is 1.95. The molecular formula is C12H14BrF2NO3. The maximum Gasteiger partial charge on any atom is 0.337 e. The first kappa shape index (κ1) is 16.0. The van der Waals surface area contributed by atoms with Crippen molar-refractivity contribution in [1.29, 1.82) is 0 Å². The summed E-state index contributed by atoms with van der Waals surface area (Å²) in [6.07, 6.45) is 0. The number of nitrogens with one attached hydrogen (secondary N) is 1. The Morgan fingerprint density at radius 1 is 1.53 bits per heavy atom. The maximum absolute atomic E-state index is 12.8. The van der Waals surface area contributed by atoms with Gasteiger partial charge in [-0.25, -0.2) is 13.6 Å². The first-order valence-corrected chi connectivity index (χ1v) is 6.25. The largest absolute Gasteiger partial charge is 0.465 e. The second-order valence-electron chi connectivity index (χ2n) is 3.92. The molecule has 2 N–H and O–H groups in total. The second kappa shape index (κ2) is 6.93. The number of esters is 1. The molecule has 1 rings (SSSR count). The molecule has 0 saturated carbocycles. The Hall–Kier alpha value is -1.05. The molecule has 0 atom stereocenters. The summed E-state index contributed by atoms with van der Waals surface area (Å²) in [4.78, 5) is 11.3. The van der Waals surface area contributed by atoms with Gasteiger partial charge in [-0.3, -0.25) is 0 Å². The van der Waals surface area contributed by atoms with Crippen LogP contribution in [0.15, 0.2) is 22.7 Å². The maximum atomic E-state index is 12.8. The van der Waals surface area contributed by atoms with Crippen LogP contribution in [0.5, 0.6) is 0 Å². The molecule has 0 unspecified atom stereocenters. The Labute approximate surface area is 117 Å². The molecule has 1 aromatic rings. The molecule has 0 aromatic heterocycles. The van der Waals surface area contributed by atoms with Crippen molar-refractivity contribution < 1.29 is 23.4 Å². The number of benzene rings is 1. The van der Waals surface area contributed by atoms with Gasteiger partial charge in [-0.15, -0.1) is 0 Å². The lowest BCUT2D eigenvalue weighted by molar-refractivity contribution is -0.0477. The van der Waals surface area contributed by atoms with Gasteiger partial charge in [0.1, 0.15) is 6.61 Å². The van der Waals surface area contributed by atoms with Crippen LogP contribution in [0.1, 0.15) is 15.9 Å². The Morgan fingerprint density at radius 3 is 2.74 bits per heavy atom. The predicted molar refractivity (Wildman–Crippen MR) is 69.2 cm³/mol. The number of aliphatic hydroxyl groups is 1. The lowest BCUT2D eigenvalue weighted by Gasteiger charge is -2.14. The minimum absolute atomic E-state index is 0.192. The highest BCUT2D eigenvalue weighted by Crippen LogP contribution is 2.19. The van der Waals surface area contributed by atoms with Crippen molar-refractivity contribution in [2.24, 2.45) is 0 Å². The van der Waals surface area contributed by atoms with Crippen molar-refractivity contribution >= 4 is 21.9 Å². The van der Waals surface area contributed by atoms with Gasteiger partial charge in [-0.1, -0.05) is 22.0 Å². The van der Waals surface area contributed by atoms with Crippen molar-refractivity contribution in [2.75, 3.05) is 20.3 Å². The van der Waals surface area contributed by atoms with Gasteiger partial charge in [0.2, 0.25) is 0 Å². The summed E-state index contributed by atoms with van der Waals surface area (Å²) in [5.41, 5.74) is 1.10. The standard InChI is InChI=1S/C12H14BrF2NO3/c1-19-11(18)8-2-3-9(10(13)4-8)5-16-6-12(14,15)7-17/h2-4,16-17H,5-7H2,1H3. The molecule has 0 radical (unpaired) electrons. The number of halogens is 3. The minimum Gasteiger partial charge on any atom is -0.465 e. The zero-order valence-corrected chi connectivity index (χ0v) is 11.8. The van der Waals surface area contributed by atoms with Gasteiger partial charge in [0.15, 0.2) is 0 Å². The summed E-state index contributed by atoms with van der Waals surface area (Å²) < 4.78 is 30.8. The SMILES string of the molecule is COC(=O)c1ccc(CNCC(F)(F)CO)c(Br)c1. The number of carbonyl (C=O) groups excluding carboxylic acids is 1. The van der Waals surface area contributed by atoms with E-state index in [1.165, 1.54) is 7.11 Å². The second-order valence-corrected chi connectivity index (χ2v) is 4.77. The molecule has 4 nitrogen and oxygen atoms in total. The van der Waals surface area contributed by atoms with Crippen LogP contribution in [-0.2, 0) is 11.3 Å². The number of ether oxygens (including phenoxy) is 1. The fourth-order valence-electron chi connectivity index (χ4n) is 1.37. The average Bonchev–Trinajstić information content (AvgIpc) is 2.39. The molecule has 0 aliphatic carbocycles. The van der Waals surface area contributed by atoms with Gasteiger partial charge in [0, 0.05) is 11.0 Å². The smallest absolute Gasteiger partial charge is 0.337 e. The van der Waals surface area contributed by atoms with Gasteiger partial charge in [-0.2, -0.15) is 0 Å². The van der Waals surface area contributed by atoms with E-state index in [4.69, 9.17) is 5.11 Å². The fraction of sp³-hybridized carbons (Fsp3) is 0.417. The van der Waals surface area contributed by atoms with Gasteiger partial charge < -0.3 is 15.2 Å². The van der Waals surface area contributed by atoms with Crippen molar-refractivity contribution in [1.82, 2.24) is 5.32 Å². The summed E-state index contributed by atoms with van der Waals surface area (Å²) in [6, 6.07) is 4.76. The molecule has 0 spiro atoms. The van der Waals surface area contributed by atoms with E-state index in [1.54, 1.807) is 18.2 Å². The Balaban J connectivity index is 2.63. The van der Waals surface area contributed by atoms with Crippen LogP contribution in [0.2, 0.25) is 0 Å². The summed E-state index contributed by atoms with van der Waals surface area (Å²) in [5.74, 6) is -3.61. The van der Waals surface area contributed by atoms with Gasteiger partial charge in [-0.05, 0) is 17.7 Å². The highest BCUT2D eigenvalue weighted by Gasteiger charge is 2.26. The number of aliphatic hydroxyl groups excluding tert-OH is 1. The summed E-state index contributed by atoms with van der Waals surface area (Å²) in [5, 5.41) is 11.0. The van der Waals surface area contributed by atoms with E-state index < -0.39 is 25.0 Å². The Morgan fingerprint density at radius 2 is 2.21 bits per heavy atom. The molecular weight excluding hydrogens is 324 g/mol. The third-order valence-electron chi connectivity index (χ3n) is 2.40. The van der Waals surface area contributed by atoms with Crippen molar-refractivity contribution in [2.45, 2.75) is 12.5 Å². The molecule has 0 saturated heterocycles. The number of rotatable bonds is 6. The lowest BCUT2D eigenvalue weighted by Crippen LogP contribution is -2.35.